The largest absolute Gasteiger partial charge is 0.339 e. The van der Waals surface area contributed by atoms with Crippen molar-refractivity contribution in [2.45, 2.75) is 6.92 Å². The maximum atomic E-state index is 12.2. The Morgan fingerprint density at radius 3 is 2.86 bits per heavy atom. The molecule has 7 nitrogen and oxygen atoms in total. The number of nitrogens with zero attached hydrogens (tertiary/aromatic N) is 2. The van der Waals surface area contributed by atoms with E-state index in [-0.39, 0.29) is 11.5 Å². The first-order chi connectivity index (χ1) is 10.6. The van der Waals surface area contributed by atoms with E-state index < -0.39 is 0 Å². The van der Waals surface area contributed by atoms with Crippen molar-refractivity contribution < 1.29 is 9.32 Å². The lowest BCUT2D eigenvalue weighted by Gasteiger charge is -2.05. The Balaban J connectivity index is 1.85. The molecule has 0 aliphatic heterocycles. The zero-order chi connectivity index (χ0) is 15.5. The Morgan fingerprint density at radius 1 is 1.27 bits per heavy atom. The van der Waals surface area contributed by atoms with Crippen molar-refractivity contribution in [1.29, 1.82) is 0 Å². The highest BCUT2D eigenvalue weighted by atomic mass is 16.5. The van der Waals surface area contributed by atoms with Gasteiger partial charge >= 0.3 is 0 Å². The molecule has 2 aromatic heterocycles. The monoisotopic (exact) mass is 296 g/mol. The molecule has 0 aliphatic rings. The normalized spacial score (nSPS) is 10.4. The summed E-state index contributed by atoms with van der Waals surface area (Å²) < 4.78 is 4.93. The molecule has 2 N–H and O–H groups in total. The fraction of sp³-hybridized carbons (Fsp3) is 0.0667. The third-order valence-electron chi connectivity index (χ3n) is 2.94. The molecule has 0 saturated heterocycles. The van der Waals surface area contributed by atoms with Crippen molar-refractivity contribution >= 4 is 11.6 Å². The smallest absolute Gasteiger partial charge is 0.255 e. The van der Waals surface area contributed by atoms with Gasteiger partial charge in [0.2, 0.25) is 17.3 Å². The number of carbonyl (C=O) groups excluding carboxylic acids is 1. The molecule has 110 valence electrons. The lowest BCUT2D eigenvalue weighted by Crippen LogP contribution is -2.14. The summed E-state index contributed by atoms with van der Waals surface area (Å²) in [4.78, 5) is 30.0. The number of amides is 1. The number of hydrogen-bond donors (Lipinski definition) is 2. The molecule has 22 heavy (non-hydrogen) atoms. The molecule has 0 unspecified atom stereocenters. The highest BCUT2D eigenvalue weighted by Crippen LogP contribution is 2.18. The summed E-state index contributed by atoms with van der Waals surface area (Å²) in [6, 6.07) is 9.75. The van der Waals surface area contributed by atoms with Gasteiger partial charge in [-0.25, -0.2) is 0 Å². The predicted molar refractivity (Wildman–Crippen MR) is 79.5 cm³/mol. The zero-order valence-electron chi connectivity index (χ0n) is 11.7. The van der Waals surface area contributed by atoms with Crippen molar-refractivity contribution in [2.75, 3.05) is 5.32 Å². The van der Waals surface area contributed by atoms with Gasteiger partial charge in [0.15, 0.2) is 0 Å². The standard InChI is InChI=1S/C15H12N4O3/c1-9-17-14(19-22-9)10-3-2-4-11(7-10)15(21)18-12-5-6-16-13(20)8-12/h2-8H,1H3,(H2,16,18,20,21). The lowest BCUT2D eigenvalue weighted by atomic mass is 10.1. The number of nitrogens with one attached hydrogen (secondary N) is 2. The molecule has 1 amide bonds. The van der Waals surface area contributed by atoms with Gasteiger partial charge in [-0.05, 0) is 18.2 Å². The zero-order valence-corrected chi connectivity index (χ0v) is 11.7. The van der Waals surface area contributed by atoms with E-state index in [9.17, 15) is 9.59 Å². The van der Waals surface area contributed by atoms with Crippen LogP contribution in [0.3, 0.4) is 0 Å². The van der Waals surface area contributed by atoms with Crippen LogP contribution in [0.15, 0.2) is 51.9 Å². The van der Waals surface area contributed by atoms with Gasteiger partial charge < -0.3 is 14.8 Å². The molecule has 0 bridgehead atoms. The average Bonchev–Trinajstić information content (AvgIpc) is 2.94. The average molecular weight is 296 g/mol. The van der Waals surface area contributed by atoms with Crippen LogP contribution in [0.1, 0.15) is 16.2 Å². The number of hydrogen-bond acceptors (Lipinski definition) is 5. The predicted octanol–water partition coefficient (Wildman–Crippen LogP) is 1.99. The molecule has 7 heteroatoms. The highest BCUT2D eigenvalue weighted by Gasteiger charge is 2.10. The lowest BCUT2D eigenvalue weighted by molar-refractivity contribution is 0.102. The summed E-state index contributed by atoms with van der Waals surface area (Å²) in [7, 11) is 0. The highest BCUT2D eigenvalue weighted by molar-refractivity contribution is 6.04. The second kappa shape index (κ2) is 5.65. The number of rotatable bonds is 3. The Morgan fingerprint density at radius 2 is 2.14 bits per heavy atom. The van der Waals surface area contributed by atoms with Crippen LogP contribution in [-0.2, 0) is 0 Å². The van der Waals surface area contributed by atoms with Gasteiger partial charge in [0.1, 0.15) is 0 Å². The number of carbonyl (C=O) groups is 1. The van der Waals surface area contributed by atoms with Gasteiger partial charge in [-0.15, -0.1) is 0 Å². The molecule has 0 fully saturated rings. The molecular formula is C15H12N4O3. The topological polar surface area (TPSA) is 101 Å². The molecule has 2 heterocycles. The van der Waals surface area contributed by atoms with E-state index in [0.29, 0.717) is 28.5 Å². The van der Waals surface area contributed by atoms with E-state index in [1.165, 1.54) is 12.3 Å². The van der Waals surface area contributed by atoms with Gasteiger partial charge in [-0.2, -0.15) is 4.98 Å². The van der Waals surface area contributed by atoms with Crippen LogP contribution in [0.25, 0.3) is 11.4 Å². The first-order valence-electron chi connectivity index (χ1n) is 6.53. The van der Waals surface area contributed by atoms with Crippen molar-refractivity contribution in [3.8, 4) is 11.4 Å². The van der Waals surface area contributed by atoms with Crippen molar-refractivity contribution in [3.63, 3.8) is 0 Å². The van der Waals surface area contributed by atoms with Gasteiger partial charge in [-0.3, -0.25) is 9.59 Å². The van der Waals surface area contributed by atoms with Crippen molar-refractivity contribution in [3.05, 3.63) is 64.4 Å². The summed E-state index contributed by atoms with van der Waals surface area (Å²) in [5, 5.41) is 6.48. The molecule has 0 aliphatic carbocycles. The number of H-pyrrole nitrogens is 1. The van der Waals surface area contributed by atoms with E-state index in [1.807, 2.05) is 0 Å². The Hall–Kier alpha value is -3.22. The Labute approximate surface area is 125 Å². The Bertz CT molecular complexity index is 882. The quantitative estimate of drug-likeness (QED) is 0.769. The first kappa shape index (κ1) is 13.7. The summed E-state index contributed by atoms with van der Waals surface area (Å²) in [5.74, 6) is 0.546. The molecule has 0 atom stereocenters. The van der Waals surface area contributed by atoms with Gasteiger partial charge in [-0.1, -0.05) is 17.3 Å². The minimum Gasteiger partial charge on any atom is -0.339 e. The van der Waals surface area contributed by atoms with Crippen molar-refractivity contribution in [2.24, 2.45) is 0 Å². The van der Waals surface area contributed by atoms with Gasteiger partial charge in [0, 0.05) is 36.0 Å². The van der Waals surface area contributed by atoms with Crippen LogP contribution in [-0.4, -0.2) is 21.0 Å². The number of aryl methyl sites for hydroxylation is 1. The summed E-state index contributed by atoms with van der Waals surface area (Å²) in [5.41, 5.74) is 1.25. The van der Waals surface area contributed by atoms with Crippen LogP contribution in [0, 0.1) is 6.92 Å². The third kappa shape index (κ3) is 2.93. The van der Waals surface area contributed by atoms with Crippen LogP contribution in [0.5, 0.6) is 0 Å². The summed E-state index contributed by atoms with van der Waals surface area (Å²) in [6.45, 7) is 1.69. The fourth-order valence-corrected chi connectivity index (χ4v) is 1.94. The van der Waals surface area contributed by atoms with E-state index in [0.717, 1.165) is 0 Å². The van der Waals surface area contributed by atoms with E-state index in [4.69, 9.17) is 4.52 Å². The van der Waals surface area contributed by atoms with Crippen LogP contribution in [0.4, 0.5) is 5.69 Å². The number of benzene rings is 1. The molecule has 0 radical (unpaired) electrons. The molecule has 3 aromatic rings. The minimum atomic E-state index is -0.326. The number of pyridine rings is 1. The van der Waals surface area contributed by atoms with E-state index >= 15 is 0 Å². The third-order valence-corrected chi connectivity index (χ3v) is 2.94. The van der Waals surface area contributed by atoms with Crippen LogP contribution < -0.4 is 10.9 Å². The molecular weight excluding hydrogens is 284 g/mol. The van der Waals surface area contributed by atoms with Crippen LogP contribution >= 0.6 is 0 Å². The summed E-state index contributed by atoms with van der Waals surface area (Å²) in [6.07, 6.45) is 1.47. The first-order valence-corrected chi connectivity index (χ1v) is 6.53. The second-order valence-electron chi connectivity index (χ2n) is 4.61. The van der Waals surface area contributed by atoms with Crippen LogP contribution in [0.2, 0.25) is 0 Å². The SMILES string of the molecule is Cc1nc(-c2cccc(C(=O)Nc3cc[nH]c(=O)c3)c2)no1. The molecule has 0 saturated carbocycles. The number of aromatic nitrogens is 3. The molecule has 3 rings (SSSR count). The Kier molecular flexibility index (Phi) is 3.53. The number of anilines is 1. The van der Waals surface area contributed by atoms with E-state index in [1.54, 1.807) is 37.3 Å². The maximum absolute atomic E-state index is 12.2. The summed E-state index contributed by atoms with van der Waals surface area (Å²) >= 11 is 0. The van der Waals surface area contributed by atoms with E-state index in [2.05, 4.69) is 20.4 Å². The molecule has 0 spiro atoms. The minimum absolute atomic E-state index is 0.283. The number of aromatic amines is 1. The van der Waals surface area contributed by atoms with Gasteiger partial charge in [0.05, 0.1) is 0 Å². The second-order valence-corrected chi connectivity index (χ2v) is 4.61. The molecule has 1 aromatic carbocycles. The van der Waals surface area contributed by atoms with Gasteiger partial charge in [0.25, 0.3) is 5.91 Å². The van der Waals surface area contributed by atoms with Crippen molar-refractivity contribution in [1.82, 2.24) is 15.1 Å². The maximum Gasteiger partial charge on any atom is 0.255 e. The fourth-order valence-electron chi connectivity index (χ4n) is 1.94.